The van der Waals surface area contributed by atoms with Crippen molar-refractivity contribution in [2.24, 2.45) is 11.8 Å². The van der Waals surface area contributed by atoms with Crippen LogP contribution in [-0.2, 0) is 11.3 Å². The maximum Gasteiger partial charge on any atom is 0.246 e. The van der Waals surface area contributed by atoms with Gasteiger partial charge >= 0.3 is 0 Å². The van der Waals surface area contributed by atoms with Gasteiger partial charge in [0.25, 0.3) is 0 Å². The Labute approximate surface area is 108 Å². The molecule has 0 N–H and O–H groups in total. The Balaban J connectivity index is 1.80. The van der Waals surface area contributed by atoms with Crippen LogP contribution in [0.25, 0.3) is 0 Å². The van der Waals surface area contributed by atoms with E-state index in [0.717, 1.165) is 37.8 Å². The van der Waals surface area contributed by atoms with Gasteiger partial charge in [-0.3, -0.25) is 4.79 Å². The summed E-state index contributed by atoms with van der Waals surface area (Å²) in [6.07, 6.45) is 6.70. The molecule has 1 atom stereocenters. The fourth-order valence-corrected chi connectivity index (χ4v) is 2.60. The average molecular weight is 250 g/mol. The molecule has 0 saturated carbocycles. The summed E-state index contributed by atoms with van der Waals surface area (Å²) in [7, 11) is 0. The van der Waals surface area contributed by atoms with E-state index in [4.69, 9.17) is 0 Å². The van der Waals surface area contributed by atoms with Crippen LogP contribution in [0.3, 0.4) is 0 Å². The van der Waals surface area contributed by atoms with Crippen LogP contribution in [0.2, 0.25) is 0 Å². The molecule has 0 bridgehead atoms. The van der Waals surface area contributed by atoms with Gasteiger partial charge in [0, 0.05) is 13.1 Å². The van der Waals surface area contributed by atoms with Crippen molar-refractivity contribution in [2.75, 3.05) is 13.1 Å². The van der Waals surface area contributed by atoms with Crippen molar-refractivity contribution < 1.29 is 4.79 Å². The van der Waals surface area contributed by atoms with Gasteiger partial charge in [-0.2, -0.15) is 15.0 Å². The van der Waals surface area contributed by atoms with E-state index in [9.17, 15) is 4.79 Å². The zero-order valence-corrected chi connectivity index (χ0v) is 11.2. The van der Waals surface area contributed by atoms with Gasteiger partial charge in [0.15, 0.2) is 0 Å². The maximum absolute atomic E-state index is 12.0. The standard InChI is InChI=1S/C13H22N4O/c1-3-11(2)12-4-8-16(9-5-12)13(18)10-17-14-6-7-15-17/h6-7,11-12H,3-5,8-10H2,1-2H3. The van der Waals surface area contributed by atoms with Gasteiger partial charge in [-0.25, -0.2) is 0 Å². The predicted octanol–water partition coefficient (Wildman–Crippen LogP) is 1.56. The quantitative estimate of drug-likeness (QED) is 0.815. The van der Waals surface area contributed by atoms with E-state index in [1.807, 2.05) is 4.90 Å². The molecule has 1 saturated heterocycles. The molecular weight excluding hydrogens is 228 g/mol. The van der Waals surface area contributed by atoms with Crippen LogP contribution in [0.5, 0.6) is 0 Å². The maximum atomic E-state index is 12.0. The normalized spacial score (nSPS) is 18.9. The first kappa shape index (κ1) is 13.1. The minimum atomic E-state index is 0.133. The first-order valence-electron chi connectivity index (χ1n) is 6.82. The molecule has 1 aliphatic heterocycles. The van der Waals surface area contributed by atoms with Gasteiger partial charge in [0.05, 0.1) is 12.4 Å². The summed E-state index contributed by atoms with van der Waals surface area (Å²) in [4.78, 5) is 15.4. The highest BCUT2D eigenvalue weighted by molar-refractivity contribution is 5.75. The van der Waals surface area contributed by atoms with Gasteiger partial charge in [0.2, 0.25) is 5.91 Å². The van der Waals surface area contributed by atoms with Crippen LogP contribution in [-0.4, -0.2) is 38.9 Å². The molecular formula is C13H22N4O. The number of nitrogens with zero attached hydrogens (tertiary/aromatic N) is 4. The van der Waals surface area contributed by atoms with Gasteiger partial charge in [-0.1, -0.05) is 20.3 Å². The molecule has 0 radical (unpaired) electrons. The minimum absolute atomic E-state index is 0.133. The SMILES string of the molecule is CCC(C)C1CCN(C(=O)Cn2nccn2)CC1. The Bertz CT molecular complexity index is 368. The fraction of sp³-hybridized carbons (Fsp3) is 0.769. The fourth-order valence-electron chi connectivity index (χ4n) is 2.60. The van der Waals surface area contributed by atoms with Crippen molar-refractivity contribution in [3.8, 4) is 0 Å². The number of hydrogen-bond donors (Lipinski definition) is 0. The smallest absolute Gasteiger partial charge is 0.246 e. The summed E-state index contributed by atoms with van der Waals surface area (Å²) >= 11 is 0. The lowest BCUT2D eigenvalue weighted by Crippen LogP contribution is -2.41. The van der Waals surface area contributed by atoms with E-state index < -0.39 is 0 Å². The molecule has 1 unspecified atom stereocenters. The van der Waals surface area contributed by atoms with Crippen molar-refractivity contribution in [3.63, 3.8) is 0 Å². The summed E-state index contributed by atoms with van der Waals surface area (Å²) < 4.78 is 0. The molecule has 0 spiro atoms. The van der Waals surface area contributed by atoms with Crippen LogP contribution < -0.4 is 0 Å². The van der Waals surface area contributed by atoms with Crippen molar-refractivity contribution >= 4 is 5.91 Å². The van der Waals surface area contributed by atoms with Crippen LogP contribution in [0.15, 0.2) is 12.4 Å². The number of rotatable bonds is 4. The zero-order valence-electron chi connectivity index (χ0n) is 11.2. The number of amides is 1. The van der Waals surface area contributed by atoms with Gasteiger partial charge < -0.3 is 4.90 Å². The van der Waals surface area contributed by atoms with Crippen molar-refractivity contribution in [3.05, 3.63) is 12.4 Å². The monoisotopic (exact) mass is 250 g/mol. The highest BCUT2D eigenvalue weighted by Crippen LogP contribution is 2.26. The molecule has 0 aliphatic carbocycles. The lowest BCUT2D eigenvalue weighted by molar-refractivity contribution is -0.133. The Kier molecular flexibility index (Phi) is 4.33. The Morgan fingerprint density at radius 1 is 1.33 bits per heavy atom. The van der Waals surface area contributed by atoms with Gasteiger partial charge in [-0.15, -0.1) is 0 Å². The molecule has 2 rings (SSSR count). The number of hydrogen-bond acceptors (Lipinski definition) is 3. The van der Waals surface area contributed by atoms with Crippen molar-refractivity contribution in [1.29, 1.82) is 0 Å². The van der Waals surface area contributed by atoms with E-state index in [1.54, 1.807) is 12.4 Å². The van der Waals surface area contributed by atoms with Gasteiger partial charge in [-0.05, 0) is 24.7 Å². The summed E-state index contributed by atoms with van der Waals surface area (Å²) in [5, 5.41) is 7.93. The van der Waals surface area contributed by atoms with Gasteiger partial charge in [0.1, 0.15) is 6.54 Å². The first-order valence-corrected chi connectivity index (χ1v) is 6.82. The van der Waals surface area contributed by atoms with Crippen LogP contribution >= 0.6 is 0 Å². The molecule has 1 amide bonds. The third-order valence-electron chi connectivity index (χ3n) is 4.08. The second-order valence-corrected chi connectivity index (χ2v) is 5.16. The molecule has 0 aromatic carbocycles. The largest absolute Gasteiger partial charge is 0.341 e. The van der Waals surface area contributed by atoms with Crippen molar-refractivity contribution in [1.82, 2.24) is 19.9 Å². The highest BCUT2D eigenvalue weighted by atomic mass is 16.2. The molecule has 2 heterocycles. The topological polar surface area (TPSA) is 51.0 Å². The first-order chi connectivity index (χ1) is 8.70. The third-order valence-corrected chi connectivity index (χ3v) is 4.08. The lowest BCUT2D eigenvalue weighted by Gasteiger charge is -2.34. The molecule has 1 aromatic rings. The molecule has 1 aromatic heterocycles. The molecule has 1 aliphatic rings. The number of piperidine rings is 1. The number of aromatic nitrogens is 3. The average Bonchev–Trinajstić information content (AvgIpc) is 2.91. The molecule has 1 fully saturated rings. The van der Waals surface area contributed by atoms with E-state index in [0.29, 0.717) is 0 Å². The summed E-state index contributed by atoms with van der Waals surface area (Å²) in [5.74, 6) is 1.69. The van der Waals surface area contributed by atoms with Crippen LogP contribution in [0.1, 0.15) is 33.1 Å². The van der Waals surface area contributed by atoms with E-state index in [-0.39, 0.29) is 12.5 Å². The highest BCUT2D eigenvalue weighted by Gasteiger charge is 2.25. The summed E-state index contributed by atoms with van der Waals surface area (Å²) in [6, 6.07) is 0. The Morgan fingerprint density at radius 3 is 2.50 bits per heavy atom. The second kappa shape index (κ2) is 5.98. The molecule has 18 heavy (non-hydrogen) atoms. The summed E-state index contributed by atoms with van der Waals surface area (Å²) in [6.45, 7) is 6.59. The minimum Gasteiger partial charge on any atom is -0.341 e. The number of carbonyl (C=O) groups is 1. The van der Waals surface area contributed by atoms with E-state index in [1.165, 1.54) is 11.2 Å². The number of carbonyl (C=O) groups excluding carboxylic acids is 1. The van der Waals surface area contributed by atoms with E-state index in [2.05, 4.69) is 24.0 Å². The molecule has 5 nitrogen and oxygen atoms in total. The number of likely N-dealkylation sites (tertiary alicyclic amines) is 1. The second-order valence-electron chi connectivity index (χ2n) is 5.16. The van der Waals surface area contributed by atoms with E-state index >= 15 is 0 Å². The Morgan fingerprint density at radius 2 is 1.94 bits per heavy atom. The third kappa shape index (κ3) is 3.09. The van der Waals surface area contributed by atoms with Crippen LogP contribution in [0, 0.1) is 11.8 Å². The predicted molar refractivity (Wildman–Crippen MR) is 68.8 cm³/mol. The zero-order chi connectivity index (χ0) is 13.0. The van der Waals surface area contributed by atoms with Crippen LogP contribution in [0.4, 0.5) is 0 Å². The lowest BCUT2D eigenvalue weighted by atomic mass is 9.84. The summed E-state index contributed by atoms with van der Waals surface area (Å²) in [5.41, 5.74) is 0. The molecule has 100 valence electrons. The Hall–Kier alpha value is -1.39. The van der Waals surface area contributed by atoms with Crippen molar-refractivity contribution in [2.45, 2.75) is 39.7 Å². The molecule has 5 heteroatoms.